The fraction of sp³-hybridized carbons (Fsp3) is 0.125. The number of halogens is 1. The molecule has 0 amide bonds. The van der Waals surface area contributed by atoms with Crippen molar-refractivity contribution >= 4 is 23.4 Å². The lowest BCUT2D eigenvalue weighted by Crippen LogP contribution is -2.14. The van der Waals surface area contributed by atoms with Crippen molar-refractivity contribution in [2.24, 2.45) is 0 Å². The highest BCUT2D eigenvalue weighted by Gasteiger charge is 2.07. The zero-order valence-electron chi connectivity index (χ0n) is 11.8. The Balaban J connectivity index is 1.61. The summed E-state index contributed by atoms with van der Waals surface area (Å²) in [6, 6.07) is 18.0. The van der Waals surface area contributed by atoms with Crippen molar-refractivity contribution in [3.8, 4) is 0 Å². The number of benzene rings is 2. The van der Waals surface area contributed by atoms with E-state index < -0.39 is 0 Å². The first-order valence-corrected chi connectivity index (χ1v) is 8.23. The summed E-state index contributed by atoms with van der Waals surface area (Å²) in [6.45, 7) is 0.721. The lowest BCUT2D eigenvalue weighted by molar-refractivity contribution is 0.751. The number of thioether (sulfide) groups is 1. The zero-order valence-corrected chi connectivity index (χ0v) is 13.4. The second-order valence-corrected chi connectivity index (χ2v) is 6.03. The summed E-state index contributed by atoms with van der Waals surface area (Å²) in [5.41, 5.74) is 5.59. The Morgan fingerprint density at radius 1 is 1.05 bits per heavy atom. The van der Waals surface area contributed by atoms with Crippen LogP contribution in [0.2, 0.25) is 5.02 Å². The van der Waals surface area contributed by atoms with Crippen LogP contribution in [0.5, 0.6) is 0 Å². The van der Waals surface area contributed by atoms with Crippen LogP contribution in [-0.2, 0) is 12.3 Å². The minimum atomic E-state index is 0.721. The van der Waals surface area contributed by atoms with Crippen molar-refractivity contribution in [3.05, 3.63) is 77.1 Å². The standard InChI is InChI=1S/C16H15ClN4S/c17-15-9-5-4-8-14(15)11-22-16-20-18-12-21(16)19-10-13-6-2-1-3-7-13/h1-9,12,19H,10-11H2. The molecule has 3 rings (SSSR count). The molecule has 4 nitrogen and oxygen atoms in total. The number of hydrogen-bond acceptors (Lipinski definition) is 4. The molecule has 1 aromatic heterocycles. The van der Waals surface area contributed by atoms with Gasteiger partial charge in [0.15, 0.2) is 0 Å². The highest BCUT2D eigenvalue weighted by molar-refractivity contribution is 7.98. The van der Waals surface area contributed by atoms with E-state index in [0.717, 1.165) is 28.0 Å². The topological polar surface area (TPSA) is 42.7 Å². The number of rotatable bonds is 6. The van der Waals surface area contributed by atoms with Crippen LogP contribution in [0.1, 0.15) is 11.1 Å². The van der Waals surface area contributed by atoms with Crippen LogP contribution in [0.25, 0.3) is 0 Å². The second-order valence-electron chi connectivity index (χ2n) is 4.68. The summed E-state index contributed by atoms with van der Waals surface area (Å²) in [4.78, 5) is 0. The average Bonchev–Trinajstić information content (AvgIpc) is 3.01. The molecule has 112 valence electrons. The van der Waals surface area contributed by atoms with E-state index in [4.69, 9.17) is 11.6 Å². The zero-order chi connectivity index (χ0) is 15.2. The van der Waals surface area contributed by atoms with Crippen molar-refractivity contribution in [1.82, 2.24) is 14.9 Å². The molecule has 1 heterocycles. The fourth-order valence-electron chi connectivity index (χ4n) is 1.96. The predicted octanol–water partition coefficient (Wildman–Crippen LogP) is 3.97. The fourth-order valence-corrected chi connectivity index (χ4v) is 3.14. The molecule has 0 radical (unpaired) electrons. The maximum atomic E-state index is 6.17. The highest BCUT2D eigenvalue weighted by atomic mass is 35.5. The minimum Gasteiger partial charge on any atom is -0.318 e. The SMILES string of the molecule is Clc1ccccc1CSc1nncn1NCc1ccccc1. The summed E-state index contributed by atoms with van der Waals surface area (Å²) in [5.74, 6) is 0.755. The first-order valence-electron chi connectivity index (χ1n) is 6.87. The number of hydrogen-bond donors (Lipinski definition) is 1. The van der Waals surface area contributed by atoms with Crippen molar-refractivity contribution in [2.45, 2.75) is 17.5 Å². The van der Waals surface area contributed by atoms with Crippen LogP contribution in [0, 0.1) is 0 Å². The van der Waals surface area contributed by atoms with Crippen LogP contribution in [0.3, 0.4) is 0 Å². The molecule has 0 unspecified atom stereocenters. The predicted molar refractivity (Wildman–Crippen MR) is 90.5 cm³/mol. The molecule has 1 N–H and O–H groups in total. The van der Waals surface area contributed by atoms with Crippen LogP contribution >= 0.6 is 23.4 Å². The molecule has 0 saturated heterocycles. The molecular formula is C16H15ClN4S. The smallest absolute Gasteiger partial charge is 0.210 e. The van der Waals surface area contributed by atoms with Crippen molar-refractivity contribution in [3.63, 3.8) is 0 Å². The van der Waals surface area contributed by atoms with Gasteiger partial charge >= 0.3 is 0 Å². The molecule has 0 atom stereocenters. The van der Waals surface area contributed by atoms with Crippen LogP contribution in [0.15, 0.2) is 66.1 Å². The Kier molecular flexibility index (Phi) is 4.98. The Bertz CT molecular complexity index is 730. The van der Waals surface area contributed by atoms with E-state index in [9.17, 15) is 0 Å². The lowest BCUT2D eigenvalue weighted by atomic mass is 10.2. The maximum Gasteiger partial charge on any atom is 0.210 e. The van der Waals surface area contributed by atoms with Gasteiger partial charge in [-0.2, -0.15) is 0 Å². The van der Waals surface area contributed by atoms with Gasteiger partial charge in [0, 0.05) is 10.8 Å². The Morgan fingerprint density at radius 3 is 2.64 bits per heavy atom. The van der Waals surface area contributed by atoms with Gasteiger partial charge in [-0.25, -0.2) is 4.68 Å². The summed E-state index contributed by atoms with van der Waals surface area (Å²) >= 11 is 7.77. The third-order valence-corrected chi connectivity index (χ3v) is 4.49. The van der Waals surface area contributed by atoms with Gasteiger partial charge in [0.2, 0.25) is 5.16 Å². The summed E-state index contributed by atoms with van der Waals surface area (Å²) in [7, 11) is 0. The van der Waals surface area contributed by atoms with Gasteiger partial charge in [-0.15, -0.1) is 10.2 Å². The number of aromatic nitrogens is 3. The van der Waals surface area contributed by atoms with E-state index in [1.807, 2.05) is 47.1 Å². The van der Waals surface area contributed by atoms with Gasteiger partial charge < -0.3 is 5.43 Å². The van der Waals surface area contributed by atoms with Crippen LogP contribution in [0.4, 0.5) is 0 Å². The van der Waals surface area contributed by atoms with E-state index in [1.54, 1.807) is 18.1 Å². The molecule has 0 aliphatic rings. The maximum absolute atomic E-state index is 6.17. The molecule has 0 saturated carbocycles. The van der Waals surface area contributed by atoms with E-state index in [0.29, 0.717) is 0 Å². The monoisotopic (exact) mass is 330 g/mol. The average molecular weight is 331 g/mol. The van der Waals surface area contributed by atoms with E-state index >= 15 is 0 Å². The van der Waals surface area contributed by atoms with Crippen LogP contribution < -0.4 is 5.43 Å². The molecule has 6 heteroatoms. The first kappa shape index (κ1) is 14.9. The Morgan fingerprint density at radius 2 is 1.82 bits per heavy atom. The molecule has 3 aromatic rings. The third kappa shape index (κ3) is 3.81. The second kappa shape index (κ2) is 7.33. The van der Waals surface area contributed by atoms with Gasteiger partial charge in [-0.05, 0) is 17.2 Å². The van der Waals surface area contributed by atoms with Gasteiger partial charge in [0.25, 0.3) is 0 Å². The van der Waals surface area contributed by atoms with Gasteiger partial charge in [0.1, 0.15) is 6.33 Å². The van der Waals surface area contributed by atoms with E-state index in [1.165, 1.54) is 5.56 Å². The molecule has 0 aliphatic heterocycles. The van der Waals surface area contributed by atoms with Gasteiger partial charge in [0.05, 0.1) is 6.54 Å². The Labute approximate surface area is 138 Å². The summed E-state index contributed by atoms with van der Waals surface area (Å²) in [5, 5.41) is 9.70. The van der Waals surface area contributed by atoms with Gasteiger partial charge in [-0.3, -0.25) is 0 Å². The quantitative estimate of drug-likeness (QED) is 0.694. The lowest BCUT2D eigenvalue weighted by Gasteiger charge is -2.09. The molecule has 0 bridgehead atoms. The van der Waals surface area contributed by atoms with Crippen molar-refractivity contribution in [2.75, 3.05) is 5.43 Å². The molecule has 0 fully saturated rings. The summed E-state index contributed by atoms with van der Waals surface area (Å²) in [6.07, 6.45) is 1.68. The third-order valence-electron chi connectivity index (χ3n) is 3.13. The molecular weight excluding hydrogens is 316 g/mol. The Hall–Kier alpha value is -1.98. The van der Waals surface area contributed by atoms with Crippen LogP contribution in [-0.4, -0.2) is 14.9 Å². The first-order chi connectivity index (χ1) is 10.8. The highest BCUT2D eigenvalue weighted by Crippen LogP contribution is 2.24. The molecule has 22 heavy (non-hydrogen) atoms. The number of nitrogens with zero attached hydrogens (tertiary/aromatic N) is 3. The summed E-state index contributed by atoms with van der Waals surface area (Å²) < 4.78 is 1.84. The number of nitrogens with one attached hydrogen (secondary N) is 1. The molecule has 0 spiro atoms. The largest absolute Gasteiger partial charge is 0.318 e. The van der Waals surface area contributed by atoms with Crippen molar-refractivity contribution < 1.29 is 0 Å². The molecule has 0 aliphatic carbocycles. The normalized spacial score (nSPS) is 10.6. The van der Waals surface area contributed by atoms with E-state index in [2.05, 4.69) is 27.8 Å². The van der Waals surface area contributed by atoms with Gasteiger partial charge in [-0.1, -0.05) is 71.9 Å². The molecule has 2 aromatic carbocycles. The van der Waals surface area contributed by atoms with E-state index in [-0.39, 0.29) is 0 Å². The minimum absolute atomic E-state index is 0.721. The van der Waals surface area contributed by atoms with Crippen molar-refractivity contribution in [1.29, 1.82) is 0 Å².